The molecule has 1 atom stereocenters. The summed E-state index contributed by atoms with van der Waals surface area (Å²) in [5, 5.41) is 12.2. The highest BCUT2D eigenvalue weighted by Crippen LogP contribution is 2.41. The lowest BCUT2D eigenvalue weighted by Crippen LogP contribution is -2.36. The summed E-state index contributed by atoms with van der Waals surface area (Å²) >= 11 is 6.33. The predicted octanol–water partition coefficient (Wildman–Crippen LogP) is 4.32. The number of aromatic nitrogens is 3. The predicted molar refractivity (Wildman–Crippen MR) is 106 cm³/mol. The molecule has 3 aromatic rings. The van der Waals surface area contributed by atoms with Crippen molar-refractivity contribution in [3.05, 3.63) is 69.8 Å². The summed E-state index contributed by atoms with van der Waals surface area (Å²) in [4.78, 5) is 12.6. The molecule has 0 fully saturated rings. The van der Waals surface area contributed by atoms with Crippen LogP contribution in [0.15, 0.2) is 41.1 Å². The zero-order valence-electron chi connectivity index (χ0n) is 16.2. The molecule has 1 aliphatic carbocycles. The number of hydrogen-bond donors (Lipinski definition) is 1. The molecular weight excluding hydrogens is 376 g/mol. The molecule has 0 bridgehead atoms. The first-order chi connectivity index (χ1) is 13.3. The maximum absolute atomic E-state index is 12.6. The van der Waals surface area contributed by atoms with Gasteiger partial charge in [-0.15, -0.1) is 0 Å². The molecule has 146 valence electrons. The highest BCUT2D eigenvalue weighted by atomic mass is 35.5. The minimum Gasteiger partial charge on any atom is -0.351 e. The third-order valence-electron chi connectivity index (χ3n) is 5.19. The fraction of sp³-hybridized carbons (Fsp3) is 0.381. The molecule has 28 heavy (non-hydrogen) atoms. The van der Waals surface area contributed by atoms with E-state index in [0.717, 1.165) is 34.7 Å². The molecule has 1 amide bonds. The van der Waals surface area contributed by atoms with Crippen molar-refractivity contribution in [1.29, 1.82) is 0 Å². The van der Waals surface area contributed by atoms with Crippen LogP contribution in [0.4, 0.5) is 0 Å². The third-order valence-corrected chi connectivity index (χ3v) is 5.56. The molecule has 1 aromatic carbocycles. The highest BCUT2D eigenvalue weighted by molar-refractivity contribution is 6.31. The molecule has 1 aliphatic rings. The summed E-state index contributed by atoms with van der Waals surface area (Å²) in [5.41, 5.74) is 3.92. The molecule has 0 unspecified atom stereocenters. The summed E-state index contributed by atoms with van der Waals surface area (Å²) in [7, 11) is 0. The second kappa shape index (κ2) is 7.09. The summed E-state index contributed by atoms with van der Waals surface area (Å²) in [5.74, 6) is -0.0287. The highest BCUT2D eigenvalue weighted by Gasteiger charge is 2.36. The summed E-state index contributed by atoms with van der Waals surface area (Å²) in [6, 6.07) is 9.31. The zero-order chi connectivity index (χ0) is 19.9. The first-order valence-electron chi connectivity index (χ1n) is 9.34. The number of aryl methyl sites for hydroxylation is 1. The number of benzene rings is 1. The number of halogens is 1. The van der Waals surface area contributed by atoms with Gasteiger partial charge in [-0.05, 0) is 36.8 Å². The Kier molecular flexibility index (Phi) is 4.75. The lowest BCUT2D eigenvalue weighted by atomic mass is 9.74. The minimum absolute atomic E-state index is 0.0283. The molecule has 4 rings (SSSR count). The maximum Gasteiger partial charge on any atom is 0.290 e. The number of carbonyl (C=O) groups is 1. The van der Waals surface area contributed by atoms with Crippen LogP contribution < -0.4 is 5.32 Å². The number of rotatable bonds is 4. The van der Waals surface area contributed by atoms with Crippen molar-refractivity contribution < 1.29 is 9.32 Å². The van der Waals surface area contributed by atoms with Crippen LogP contribution in [0.1, 0.15) is 59.4 Å². The molecule has 6 nitrogen and oxygen atoms in total. The number of nitrogens with zero attached hydrogens (tertiary/aromatic N) is 3. The Morgan fingerprint density at radius 1 is 1.39 bits per heavy atom. The minimum atomic E-state index is -0.256. The molecule has 7 heteroatoms. The lowest BCUT2D eigenvalue weighted by Gasteiger charge is -2.35. The summed E-state index contributed by atoms with van der Waals surface area (Å²) in [6.45, 7) is 6.81. The van der Waals surface area contributed by atoms with Gasteiger partial charge in [-0.25, -0.2) is 0 Å². The molecule has 2 heterocycles. The Hall–Kier alpha value is -2.60. The van der Waals surface area contributed by atoms with Gasteiger partial charge in [0.25, 0.3) is 5.91 Å². The van der Waals surface area contributed by atoms with E-state index >= 15 is 0 Å². The molecule has 2 aromatic heterocycles. The van der Waals surface area contributed by atoms with E-state index in [2.05, 4.69) is 29.4 Å². The number of fused-ring (bicyclic) bond motifs is 1. The molecule has 0 spiro atoms. The van der Waals surface area contributed by atoms with Crippen molar-refractivity contribution in [3.63, 3.8) is 0 Å². The Labute approximate surface area is 168 Å². The van der Waals surface area contributed by atoms with Gasteiger partial charge in [0.1, 0.15) is 0 Å². The topological polar surface area (TPSA) is 73.0 Å². The van der Waals surface area contributed by atoms with Crippen LogP contribution in [0.5, 0.6) is 0 Å². The lowest BCUT2D eigenvalue weighted by molar-refractivity contribution is 0.0881. The Bertz CT molecular complexity index is 1020. The molecule has 0 saturated heterocycles. The number of carbonyl (C=O) groups excluding carboxylic acids is 1. The van der Waals surface area contributed by atoms with Gasteiger partial charge < -0.3 is 9.84 Å². The van der Waals surface area contributed by atoms with E-state index < -0.39 is 0 Å². The van der Waals surface area contributed by atoms with Crippen molar-refractivity contribution in [2.75, 3.05) is 0 Å². The van der Waals surface area contributed by atoms with Crippen molar-refractivity contribution in [1.82, 2.24) is 20.3 Å². The normalized spacial score (nSPS) is 17.9. The SMILES string of the molecule is Cc1cc(C(=O)N[C@H]2CC(C)(C)Cc3c2cnn3Cc2ccccc2Cl)on1. The molecule has 1 N–H and O–H groups in total. The van der Waals surface area contributed by atoms with Gasteiger partial charge in [0.15, 0.2) is 0 Å². The van der Waals surface area contributed by atoms with Gasteiger partial charge in [-0.2, -0.15) is 5.10 Å². The third kappa shape index (κ3) is 3.69. The standard InChI is InChI=1S/C21H23ClN4O2/c1-13-8-19(28-25-13)20(27)24-17-9-21(2,3)10-18-15(17)11-23-26(18)12-14-6-4-5-7-16(14)22/h4-8,11,17H,9-10,12H2,1-3H3,(H,24,27)/t17-/m0/s1. The van der Waals surface area contributed by atoms with Crippen LogP contribution in [0, 0.1) is 12.3 Å². The van der Waals surface area contributed by atoms with Gasteiger partial charge in [0, 0.05) is 22.3 Å². The number of nitrogens with one attached hydrogen (secondary N) is 1. The van der Waals surface area contributed by atoms with Gasteiger partial charge in [-0.3, -0.25) is 9.48 Å². The molecule has 0 aliphatic heterocycles. The second-order valence-corrected chi connectivity index (χ2v) is 8.61. The first-order valence-corrected chi connectivity index (χ1v) is 9.72. The van der Waals surface area contributed by atoms with Crippen molar-refractivity contribution in [3.8, 4) is 0 Å². The number of hydrogen-bond acceptors (Lipinski definition) is 4. The van der Waals surface area contributed by atoms with Gasteiger partial charge in [0.05, 0.1) is 24.5 Å². The Morgan fingerprint density at radius 3 is 2.89 bits per heavy atom. The fourth-order valence-corrected chi connectivity index (χ4v) is 4.05. The first kappa shape index (κ1) is 18.7. The van der Waals surface area contributed by atoms with Crippen LogP contribution in [0.2, 0.25) is 5.02 Å². The van der Waals surface area contributed by atoms with E-state index in [-0.39, 0.29) is 23.1 Å². The van der Waals surface area contributed by atoms with E-state index in [0.29, 0.717) is 12.2 Å². The summed E-state index contributed by atoms with van der Waals surface area (Å²) < 4.78 is 7.10. The van der Waals surface area contributed by atoms with Crippen molar-refractivity contribution in [2.24, 2.45) is 5.41 Å². The second-order valence-electron chi connectivity index (χ2n) is 8.20. The van der Waals surface area contributed by atoms with E-state index in [9.17, 15) is 4.79 Å². The smallest absolute Gasteiger partial charge is 0.290 e. The quantitative estimate of drug-likeness (QED) is 0.710. The monoisotopic (exact) mass is 398 g/mol. The maximum atomic E-state index is 12.6. The average molecular weight is 399 g/mol. The molecular formula is C21H23ClN4O2. The van der Waals surface area contributed by atoms with E-state index in [1.54, 1.807) is 13.0 Å². The fourth-order valence-electron chi connectivity index (χ4n) is 3.85. The van der Waals surface area contributed by atoms with Crippen LogP contribution >= 0.6 is 11.6 Å². The van der Waals surface area contributed by atoms with E-state index in [1.807, 2.05) is 35.1 Å². The largest absolute Gasteiger partial charge is 0.351 e. The Morgan fingerprint density at radius 2 is 2.18 bits per heavy atom. The van der Waals surface area contributed by atoms with Crippen LogP contribution in [-0.4, -0.2) is 20.8 Å². The van der Waals surface area contributed by atoms with Gasteiger partial charge in [0.2, 0.25) is 5.76 Å². The van der Waals surface area contributed by atoms with Crippen molar-refractivity contribution >= 4 is 17.5 Å². The molecule has 0 radical (unpaired) electrons. The average Bonchev–Trinajstić information content (AvgIpc) is 3.23. The van der Waals surface area contributed by atoms with Gasteiger partial charge >= 0.3 is 0 Å². The van der Waals surface area contributed by atoms with Gasteiger partial charge in [-0.1, -0.05) is 48.8 Å². The summed E-state index contributed by atoms with van der Waals surface area (Å²) in [6.07, 6.45) is 3.58. The van der Waals surface area contributed by atoms with Crippen LogP contribution in [-0.2, 0) is 13.0 Å². The van der Waals surface area contributed by atoms with Crippen LogP contribution in [0.25, 0.3) is 0 Å². The Balaban J connectivity index is 1.62. The number of amides is 1. The zero-order valence-corrected chi connectivity index (χ0v) is 17.0. The van der Waals surface area contributed by atoms with E-state index in [1.165, 1.54) is 0 Å². The van der Waals surface area contributed by atoms with Crippen molar-refractivity contribution in [2.45, 2.75) is 46.2 Å². The molecule has 0 saturated carbocycles. The van der Waals surface area contributed by atoms with Crippen LogP contribution in [0.3, 0.4) is 0 Å². The van der Waals surface area contributed by atoms with E-state index in [4.69, 9.17) is 16.1 Å².